The van der Waals surface area contributed by atoms with Gasteiger partial charge in [0.05, 0.1) is 30.7 Å². The Balaban J connectivity index is 1.15. The molecule has 1 fully saturated rings. The fraction of sp³-hybridized carbons (Fsp3) is 0.293. The average Bonchev–Trinajstić information content (AvgIpc) is 3.74. The summed E-state index contributed by atoms with van der Waals surface area (Å²) in [6.07, 6.45) is 5.10. The molecule has 1 atom stereocenters. The van der Waals surface area contributed by atoms with Crippen LogP contribution in [0.4, 0.5) is 17.2 Å². The molecule has 266 valence electrons. The zero-order valence-electron chi connectivity index (χ0n) is 29.3. The van der Waals surface area contributed by atoms with Crippen molar-refractivity contribution >= 4 is 40.6 Å². The van der Waals surface area contributed by atoms with Crippen molar-refractivity contribution in [3.05, 3.63) is 124 Å². The molecule has 1 saturated heterocycles. The first-order chi connectivity index (χ1) is 25.2. The molecule has 2 amide bonds. The zero-order valence-corrected chi connectivity index (χ0v) is 30.1. The van der Waals surface area contributed by atoms with E-state index in [1.807, 2.05) is 47.8 Å². The van der Waals surface area contributed by atoms with Crippen molar-refractivity contribution in [3.63, 3.8) is 0 Å². The molecule has 0 saturated carbocycles. The van der Waals surface area contributed by atoms with Crippen LogP contribution in [0.5, 0.6) is 5.75 Å². The van der Waals surface area contributed by atoms with E-state index in [4.69, 9.17) is 21.3 Å². The van der Waals surface area contributed by atoms with E-state index in [2.05, 4.69) is 28.0 Å². The Morgan fingerprint density at radius 3 is 2.48 bits per heavy atom. The van der Waals surface area contributed by atoms with Crippen LogP contribution in [0.1, 0.15) is 37.4 Å². The first-order valence-corrected chi connectivity index (χ1v) is 18.1. The van der Waals surface area contributed by atoms with Gasteiger partial charge in [-0.3, -0.25) is 19.4 Å². The second kappa shape index (κ2) is 14.1. The first kappa shape index (κ1) is 34.0. The molecule has 0 radical (unpaired) electrons. The number of ether oxygens (including phenoxy) is 1. The van der Waals surface area contributed by atoms with Crippen molar-refractivity contribution in [3.8, 4) is 17.0 Å². The Kier molecular flexibility index (Phi) is 9.21. The predicted octanol–water partition coefficient (Wildman–Crippen LogP) is 6.32. The Hall–Kier alpha value is -5.16. The lowest BCUT2D eigenvalue weighted by Crippen LogP contribution is -2.52. The topological polar surface area (TPSA) is 94.4 Å². The van der Waals surface area contributed by atoms with Crippen LogP contribution in [0.3, 0.4) is 0 Å². The number of hydrogen-bond donors (Lipinski definition) is 1. The van der Waals surface area contributed by atoms with Gasteiger partial charge in [0.25, 0.3) is 11.8 Å². The maximum Gasteiger partial charge on any atom is 0.264 e. The van der Waals surface area contributed by atoms with Crippen molar-refractivity contribution in [2.75, 3.05) is 56.2 Å². The number of likely N-dealkylation sites (N-methyl/N-ethyl adjacent to an activating group) is 1. The monoisotopic (exact) mass is 716 g/mol. The molecule has 5 heterocycles. The average molecular weight is 717 g/mol. The SMILES string of the molecule is CN1CCc2cc(N(C(=O)c3cc(-c4cc(Cl)ccc4C(=O)N4Cc5ccccc5C[C@H]4CN4CCOCC4)n(C)c3)c3ccc(O)cc3)cnc21. The third-order valence-corrected chi connectivity index (χ3v) is 10.7. The zero-order chi connectivity index (χ0) is 35.9. The molecule has 3 aliphatic rings. The second-order valence-corrected chi connectivity index (χ2v) is 14.3. The van der Waals surface area contributed by atoms with Crippen LogP contribution in [0.25, 0.3) is 11.3 Å². The number of benzene rings is 3. The predicted molar refractivity (Wildman–Crippen MR) is 203 cm³/mol. The highest BCUT2D eigenvalue weighted by Gasteiger charge is 2.34. The van der Waals surface area contributed by atoms with Crippen molar-refractivity contribution in [1.82, 2.24) is 19.4 Å². The number of halogens is 1. The van der Waals surface area contributed by atoms with Gasteiger partial charge in [0.1, 0.15) is 11.6 Å². The molecule has 8 rings (SSSR count). The summed E-state index contributed by atoms with van der Waals surface area (Å²) in [5.41, 5.74) is 7.02. The van der Waals surface area contributed by atoms with Crippen LogP contribution < -0.4 is 9.80 Å². The molecular formula is C41H41ClN6O4. The van der Waals surface area contributed by atoms with Gasteiger partial charge >= 0.3 is 0 Å². The van der Waals surface area contributed by atoms with Gasteiger partial charge in [0.15, 0.2) is 0 Å². The largest absolute Gasteiger partial charge is 0.508 e. The van der Waals surface area contributed by atoms with E-state index in [1.54, 1.807) is 53.7 Å². The van der Waals surface area contributed by atoms with Gasteiger partial charge in [-0.1, -0.05) is 35.9 Å². The van der Waals surface area contributed by atoms with Crippen molar-refractivity contribution in [2.24, 2.45) is 7.05 Å². The number of nitrogens with zero attached hydrogens (tertiary/aromatic N) is 6. The van der Waals surface area contributed by atoms with Gasteiger partial charge in [0, 0.05) is 86.6 Å². The number of aromatic nitrogens is 2. The highest BCUT2D eigenvalue weighted by atomic mass is 35.5. The minimum atomic E-state index is -0.270. The lowest BCUT2D eigenvalue weighted by Gasteiger charge is -2.40. The third-order valence-electron chi connectivity index (χ3n) is 10.5. The van der Waals surface area contributed by atoms with Gasteiger partial charge in [-0.25, -0.2) is 4.98 Å². The minimum Gasteiger partial charge on any atom is -0.508 e. The number of carbonyl (C=O) groups is 2. The summed E-state index contributed by atoms with van der Waals surface area (Å²) in [4.78, 5) is 42.2. The Morgan fingerprint density at radius 2 is 1.69 bits per heavy atom. The standard InChI is InChI=1S/C41H41ClN6O4/c1-44-14-13-28-20-33(23-43-39(28)44)48(32-8-10-35(49)11-9-32)40(50)30-21-38(45(2)24-30)37-22-31(42)7-12-36(37)41(51)47-25-29-6-4-3-5-27(29)19-34(47)26-46-15-17-52-18-16-46/h3-12,20-24,34,49H,13-19,25-26H2,1-2H3/t34-/m0/s1. The van der Waals surface area contributed by atoms with Crippen molar-refractivity contribution in [1.29, 1.82) is 0 Å². The number of hydrogen-bond acceptors (Lipinski definition) is 7. The van der Waals surface area contributed by atoms with E-state index in [1.165, 1.54) is 5.56 Å². The van der Waals surface area contributed by atoms with Gasteiger partial charge < -0.3 is 24.2 Å². The van der Waals surface area contributed by atoms with E-state index in [0.29, 0.717) is 58.5 Å². The number of morpholine rings is 1. The maximum absolute atomic E-state index is 14.8. The summed E-state index contributed by atoms with van der Waals surface area (Å²) in [7, 11) is 3.88. The summed E-state index contributed by atoms with van der Waals surface area (Å²) in [6, 6.07) is 24.1. The summed E-state index contributed by atoms with van der Waals surface area (Å²) in [5, 5.41) is 10.5. The number of fused-ring (bicyclic) bond motifs is 2. The second-order valence-electron chi connectivity index (χ2n) is 13.9. The van der Waals surface area contributed by atoms with Crippen LogP contribution in [-0.4, -0.2) is 88.8 Å². The number of aryl methyl sites for hydroxylation is 1. The summed E-state index contributed by atoms with van der Waals surface area (Å²) >= 11 is 6.62. The number of pyridine rings is 1. The molecular weight excluding hydrogens is 676 g/mol. The van der Waals surface area contributed by atoms with Crippen molar-refractivity contribution in [2.45, 2.75) is 25.4 Å². The summed E-state index contributed by atoms with van der Waals surface area (Å²) in [6.45, 7) is 5.19. The van der Waals surface area contributed by atoms with E-state index < -0.39 is 0 Å². The number of amides is 2. The van der Waals surface area contributed by atoms with Crippen LogP contribution >= 0.6 is 11.6 Å². The molecule has 3 aromatic carbocycles. The van der Waals surface area contributed by atoms with E-state index in [9.17, 15) is 14.7 Å². The van der Waals surface area contributed by atoms with Gasteiger partial charge in [-0.2, -0.15) is 0 Å². The Labute approximate surface area is 308 Å². The molecule has 2 aromatic heterocycles. The highest BCUT2D eigenvalue weighted by Crippen LogP contribution is 2.36. The maximum atomic E-state index is 14.8. The highest BCUT2D eigenvalue weighted by molar-refractivity contribution is 6.31. The van der Waals surface area contributed by atoms with Crippen LogP contribution in [0.2, 0.25) is 5.02 Å². The number of aromatic hydroxyl groups is 1. The van der Waals surface area contributed by atoms with Crippen molar-refractivity contribution < 1.29 is 19.4 Å². The van der Waals surface area contributed by atoms with E-state index >= 15 is 0 Å². The number of anilines is 3. The fourth-order valence-electron chi connectivity index (χ4n) is 7.74. The molecule has 11 heteroatoms. The quantitative estimate of drug-likeness (QED) is 0.211. The number of carbonyl (C=O) groups excluding carboxylic acids is 2. The normalized spacial score (nSPS) is 17.2. The minimum absolute atomic E-state index is 0.0193. The molecule has 10 nitrogen and oxygen atoms in total. The number of rotatable bonds is 7. The molecule has 0 aliphatic carbocycles. The van der Waals surface area contributed by atoms with Crippen LogP contribution in [0, 0.1) is 0 Å². The Bertz CT molecular complexity index is 2140. The number of phenolic OH excluding ortho intramolecular Hbond substituents is 1. The fourth-order valence-corrected chi connectivity index (χ4v) is 7.91. The molecule has 52 heavy (non-hydrogen) atoms. The summed E-state index contributed by atoms with van der Waals surface area (Å²) in [5.74, 6) is 0.669. The molecule has 3 aliphatic heterocycles. The Morgan fingerprint density at radius 1 is 0.923 bits per heavy atom. The molecule has 0 unspecified atom stereocenters. The van der Waals surface area contributed by atoms with Gasteiger partial charge in [0.2, 0.25) is 0 Å². The molecule has 0 bridgehead atoms. The van der Waals surface area contributed by atoms with E-state index in [-0.39, 0.29) is 23.6 Å². The molecule has 0 spiro atoms. The number of phenols is 1. The first-order valence-electron chi connectivity index (χ1n) is 17.7. The van der Waals surface area contributed by atoms with Gasteiger partial charge in [-0.05, 0) is 84.1 Å². The molecule has 1 N–H and O–H groups in total. The molecule has 5 aromatic rings. The smallest absolute Gasteiger partial charge is 0.264 e. The van der Waals surface area contributed by atoms with Gasteiger partial charge in [-0.15, -0.1) is 0 Å². The lowest BCUT2D eigenvalue weighted by atomic mass is 9.92. The van der Waals surface area contributed by atoms with E-state index in [0.717, 1.165) is 56.0 Å². The van der Waals surface area contributed by atoms with Crippen LogP contribution in [0.15, 0.2) is 91.3 Å². The lowest BCUT2D eigenvalue weighted by molar-refractivity contribution is 0.0193. The third kappa shape index (κ3) is 6.53. The van der Waals surface area contributed by atoms with Crippen LogP contribution in [-0.2, 0) is 31.2 Å². The summed E-state index contributed by atoms with van der Waals surface area (Å²) < 4.78 is 7.48.